The molecular weight excluding hydrogens is 254 g/mol. The Hall–Kier alpha value is -1.16. The number of imidazole rings is 1. The summed E-state index contributed by atoms with van der Waals surface area (Å²) in [5.41, 5.74) is 0. The molecule has 92 valence electrons. The topological polar surface area (TPSA) is 74.8 Å². The van der Waals surface area contributed by atoms with Gasteiger partial charge in [-0.3, -0.25) is 0 Å². The molecule has 0 saturated heterocycles. The number of alkyl halides is 4. The van der Waals surface area contributed by atoms with Gasteiger partial charge in [-0.05, 0) is 0 Å². The van der Waals surface area contributed by atoms with E-state index in [4.69, 9.17) is 0 Å². The lowest BCUT2D eigenvalue weighted by Gasteiger charge is -2.15. The molecule has 0 fully saturated rings. The van der Waals surface area contributed by atoms with Gasteiger partial charge in [0.05, 0.1) is 19.1 Å². The molecule has 0 aliphatic heterocycles. The van der Waals surface area contributed by atoms with E-state index in [-0.39, 0.29) is 0 Å². The fourth-order valence-electron chi connectivity index (χ4n) is 0.736. The average Bonchev–Trinajstić information content (AvgIpc) is 2.68. The summed E-state index contributed by atoms with van der Waals surface area (Å²) in [5, 5.41) is -0.474. The number of nitrogens with zero attached hydrogens (tertiary/aromatic N) is 1. The van der Waals surface area contributed by atoms with Crippen LogP contribution in [0.15, 0.2) is 17.6 Å². The van der Waals surface area contributed by atoms with Gasteiger partial charge < -0.3 is 4.98 Å². The third kappa shape index (κ3) is 2.92. The molecule has 0 amide bonds. The van der Waals surface area contributed by atoms with Crippen molar-refractivity contribution in [2.75, 3.05) is 6.54 Å². The molecule has 2 N–H and O–H groups in total. The Morgan fingerprint density at radius 1 is 1.50 bits per heavy atom. The van der Waals surface area contributed by atoms with Gasteiger partial charge in [0.1, 0.15) is 0 Å². The molecule has 0 aromatic carbocycles. The molecular formula is C6H7F4N3O2S. The smallest absolute Gasteiger partial charge is 0.320 e. The molecule has 16 heavy (non-hydrogen) atoms. The zero-order valence-electron chi connectivity index (χ0n) is 7.62. The highest BCUT2D eigenvalue weighted by molar-refractivity contribution is 7.89. The third-order valence-corrected chi connectivity index (χ3v) is 2.91. The lowest BCUT2D eigenvalue weighted by Crippen LogP contribution is -2.41. The maximum Gasteiger partial charge on any atom is 0.320 e. The molecule has 0 unspecified atom stereocenters. The summed E-state index contributed by atoms with van der Waals surface area (Å²) < 4.78 is 72.0. The van der Waals surface area contributed by atoms with Gasteiger partial charge in [-0.1, -0.05) is 0 Å². The Bertz CT molecular complexity index is 431. The first kappa shape index (κ1) is 12.9. The van der Waals surface area contributed by atoms with Crippen LogP contribution in [0, 0.1) is 0 Å². The minimum Gasteiger partial charge on any atom is -0.335 e. The van der Waals surface area contributed by atoms with E-state index in [1.807, 2.05) is 0 Å². The van der Waals surface area contributed by atoms with Crippen LogP contribution >= 0.6 is 0 Å². The SMILES string of the molecule is O=S(=O)(NCC(F)(F)C(F)F)c1cnc[nH]1. The van der Waals surface area contributed by atoms with Gasteiger partial charge in [0.25, 0.3) is 10.0 Å². The summed E-state index contributed by atoms with van der Waals surface area (Å²) in [6.45, 7) is -1.67. The van der Waals surface area contributed by atoms with Crippen molar-refractivity contribution in [3.05, 3.63) is 12.5 Å². The maximum absolute atomic E-state index is 12.4. The first-order chi connectivity index (χ1) is 7.26. The van der Waals surface area contributed by atoms with Crippen molar-refractivity contribution in [3.63, 3.8) is 0 Å². The highest BCUT2D eigenvalue weighted by Crippen LogP contribution is 2.22. The van der Waals surface area contributed by atoms with E-state index in [1.54, 1.807) is 0 Å². The number of aromatic nitrogens is 2. The Labute approximate surface area is 87.9 Å². The summed E-state index contributed by atoms with van der Waals surface area (Å²) in [6.07, 6.45) is -2.06. The van der Waals surface area contributed by atoms with Crippen LogP contribution in [0.25, 0.3) is 0 Å². The molecule has 1 rings (SSSR count). The van der Waals surface area contributed by atoms with Crippen LogP contribution in [0.4, 0.5) is 17.6 Å². The van der Waals surface area contributed by atoms with E-state index in [9.17, 15) is 26.0 Å². The minimum atomic E-state index is -4.41. The Morgan fingerprint density at radius 3 is 2.56 bits per heavy atom. The second-order valence-corrected chi connectivity index (χ2v) is 4.54. The predicted octanol–water partition coefficient (Wildman–Crippen LogP) is 0.588. The summed E-state index contributed by atoms with van der Waals surface area (Å²) >= 11 is 0. The summed E-state index contributed by atoms with van der Waals surface area (Å²) in [7, 11) is -4.27. The van der Waals surface area contributed by atoms with Gasteiger partial charge in [-0.15, -0.1) is 0 Å². The Morgan fingerprint density at radius 2 is 2.12 bits per heavy atom. The lowest BCUT2D eigenvalue weighted by molar-refractivity contribution is -0.122. The van der Waals surface area contributed by atoms with Gasteiger partial charge in [-0.25, -0.2) is 26.9 Å². The zero-order valence-corrected chi connectivity index (χ0v) is 8.44. The van der Waals surface area contributed by atoms with Crippen molar-refractivity contribution in [1.82, 2.24) is 14.7 Å². The van der Waals surface area contributed by atoms with Crippen molar-refractivity contribution in [2.24, 2.45) is 0 Å². The standard InChI is InChI=1S/C6H7F4N3O2S/c7-5(8)6(9,10)2-13-16(14,15)4-1-11-3-12-4/h1,3,5,13H,2H2,(H,11,12). The normalized spacial score (nSPS) is 13.3. The monoisotopic (exact) mass is 261 g/mol. The fraction of sp³-hybridized carbons (Fsp3) is 0.500. The molecule has 0 spiro atoms. The number of hydrogen-bond donors (Lipinski definition) is 2. The Kier molecular flexibility index (Phi) is 3.53. The number of aromatic amines is 1. The van der Waals surface area contributed by atoms with Crippen LogP contribution in [0.5, 0.6) is 0 Å². The minimum absolute atomic E-state index is 0.474. The maximum atomic E-state index is 12.4. The van der Waals surface area contributed by atoms with E-state index in [1.165, 1.54) is 4.72 Å². The van der Waals surface area contributed by atoms with Crippen LogP contribution < -0.4 is 4.72 Å². The van der Waals surface area contributed by atoms with Crippen LogP contribution in [0.2, 0.25) is 0 Å². The molecule has 5 nitrogen and oxygen atoms in total. The van der Waals surface area contributed by atoms with Crippen molar-refractivity contribution < 1.29 is 26.0 Å². The fourth-order valence-corrected chi connectivity index (χ4v) is 1.68. The third-order valence-electron chi connectivity index (χ3n) is 1.58. The van der Waals surface area contributed by atoms with E-state index in [0.717, 1.165) is 12.5 Å². The number of sulfonamides is 1. The van der Waals surface area contributed by atoms with Crippen LogP contribution in [0.3, 0.4) is 0 Å². The van der Waals surface area contributed by atoms with Crippen molar-refractivity contribution >= 4 is 10.0 Å². The van der Waals surface area contributed by atoms with Crippen LogP contribution in [-0.4, -0.2) is 37.3 Å². The van der Waals surface area contributed by atoms with Crippen molar-refractivity contribution in [1.29, 1.82) is 0 Å². The molecule has 0 saturated carbocycles. The number of H-pyrrole nitrogens is 1. The largest absolute Gasteiger partial charge is 0.335 e. The number of nitrogens with one attached hydrogen (secondary N) is 2. The highest BCUT2D eigenvalue weighted by atomic mass is 32.2. The summed E-state index contributed by atoms with van der Waals surface area (Å²) in [6, 6.07) is 0. The van der Waals surface area contributed by atoms with E-state index >= 15 is 0 Å². The second kappa shape index (κ2) is 4.37. The van der Waals surface area contributed by atoms with Crippen LogP contribution in [-0.2, 0) is 10.0 Å². The molecule has 10 heteroatoms. The molecule has 0 bridgehead atoms. The van der Waals surface area contributed by atoms with Gasteiger partial charge in [0.2, 0.25) is 0 Å². The van der Waals surface area contributed by atoms with Gasteiger partial charge >= 0.3 is 12.3 Å². The predicted molar refractivity (Wildman–Crippen MR) is 44.7 cm³/mol. The van der Waals surface area contributed by atoms with E-state index in [0.29, 0.717) is 0 Å². The molecule has 0 aliphatic rings. The first-order valence-electron chi connectivity index (χ1n) is 3.90. The average molecular weight is 261 g/mol. The lowest BCUT2D eigenvalue weighted by atomic mass is 10.4. The number of halogens is 4. The zero-order chi connectivity index (χ0) is 12.4. The molecule has 1 aromatic heterocycles. The summed E-state index contributed by atoms with van der Waals surface area (Å²) in [4.78, 5) is 5.51. The van der Waals surface area contributed by atoms with Gasteiger partial charge in [-0.2, -0.15) is 8.78 Å². The molecule has 1 aromatic rings. The first-order valence-corrected chi connectivity index (χ1v) is 5.38. The number of hydrogen-bond acceptors (Lipinski definition) is 3. The highest BCUT2D eigenvalue weighted by Gasteiger charge is 2.41. The van der Waals surface area contributed by atoms with Crippen molar-refractivity contribution in [3.8, 4) is 0 Å². The Balaban J connectivity index is 2.70. The quantitative estimate of drug-likeness (QED) is 0.762. The van der Waals surface area contributed by atoms with Gasteiger partial charge in [0, 0.05) is 0 Å². The molecule has 0 atom stereocenters. The number of rotatable bonds is 5. The van der Waals surface area contributed by atoms with Gasteiger partial charge in [0.15, 0.2) is 5.03 Å². The summed E-state index contributed by atoms with van der Waals surface area (Å²) in [5.74, 6) is -4.41. The second-order valence-electron chi connectivity index (χ2n) is 2.80. The molecule has 0 aliphatic carbocycles. The molecule has 1 heterocycles. The van der Waals surface area contributed by atoms with Crippen LogP contribution in [0.1, 0.15) is 0 Å². The molecule has 0 radical (unpaired) electrons. The van der Waals surface area contributed by atoms with E-state index < -0.39 is 33.9 Å². The van der Waals surface area contributed by atoms with E-state index in [2.05, 4.69) is 9.97 Å². The van der Waals surface area contributed by atoms with Crippen molar-refractivity contribution in [2.45, 2.75) is 17.4 Å².